The monoisotopic (exact) mass is 257 g/mol. The van der Waals surface area contributed by atoms with E-state index in [9.17, 15) is 5.11 Å². The number of nitrogens with zero attached hydrogens (tertiary/aromatic N) is 2. The molecule has 1 fully saturated rings. The first-order valence-electron chi connectivity index (χ1n) is 7.27. The van der Waals surface area contributed by atoms with Gasteiger partial charge in [0.25, 0.3) is 0 Å². The average Bonchev–Trinajstić information content (AvgIpc) is 2.44. The van der Waals surface area contributed by atoms with Crippen molar-refractivity contribution in [3.63, 3.8) is 0 Å². The van der Waals surface area contributed by atoms with Gasteiger partial charge in [-0.2, -0.15) is 0 Å². The Morgan fingerprint density at radius 3 is 2.44 bits per heavy atom. The van der Waals surface area contributed by atoms with E-state index >= 15 is 0 Å². The molecule has 0 aliphatic carbocycles. The molecule has 1 aliphatic heterocycles. The number of aliphatic hydroxyl groups excluding tert-OH is 1. The van der Waals surface area contributed by atoms with Crippen molar-refractivity contribution in [1.82, 2.24) is 15.1 Å². The van der Waals surface area contributed by atoms with Gasteiger partial charge in [0.1, 0.15) is 0 Å². The smallest absolute Gasteiger partial charge is 0.0610 e. The Bertz CT molecular complexity index is 223. The largest absolute Gasteiger partial charge is 0.394 e. The van der Waals surface area contributed by atoms with Crippen molar-refractivity contribution in [2.45, 2.75) is 44.7 Å². The van der Waals surface area contributed by atoms with Crippen LogP contribution in [0.3, 0.4) is 0 Å². The van der Waals surface area contributed by atoms with Crippen LogP contribution >= 0.6 is 0 Å². The highest BCUT2D eigenvalue weighted by Gasteiger charge is 2.25. The first-order valence-corrected chi connectivity index (χ1v) is 7.27. The van der Waals surface area contributed by atoms with Crippen LogP contribution in [0, 0.1) is 0 Å². The van der Waals surface area contributed by atoms with Crippen LogP contribution in [0.15, 0.2) is 0 Å². The maximum Gasteiger partial charge on any atom is 0.0610 e. The van der Waals surface area contributed by atoms with Crippen molar-refractivity contribution in [1.29, 1.82) is 0 Å². The lowest BCUT2D eigenvalue weighted by Crippen LogP contribution is -2.48. The van der Waals surface area contributed by atoms with E-state index in [4.69, 9.17) is 0 Å². The molecule has 1 unspecified atom stereocenters. The van der Waals surface area contributed by atoms with Gasteiger partial charge >= 0.3 is 0 Å². The van der Waals surface area contributed by atoms with Gasteiger partial charge in [-0.25, -0.2) is 0 Å². The molecular formula is C14H31N3O. The third-order valence-corrected chi connectivity index (χ3v) is 4.60. The lowest BCUT2D eigenvalue weighted by molar-refractivity contribution is 0.110. The number of nitrogens with one attached hydrogen (secondary N) is 1. The Kier molecular flexibility index (Phi) is 6.57. The van der Waals surface area contributed by atoms with E-state index in [1.165, 1.54) is 32.5 Å². The highest BCUT2D eigenvalue weighted by atomic mass is 16.3. The van der Waals surface area contributed by atoms with Crippen LogP contribution in [-0.2, 0) is 0 Å². The number of hydrogen-bond acceptors (Lipinski definition) is 4. The molecule has 0 radical (unpaired) electrons. The molecule has 0 amide bonds. The zero-order chi connectivity index (χ0) is 13.6. The molecule has 1 saturated heterocycles. The summed E-state index contributed by atoms with van der Waals surface area (Å²) in [4.78, 5) is 4.99. The van der Waals surface area contributed by atoms with Gasteiger partial charge < -0.3 is 20.2 Å². The zero-order valence-electron chi connectivity index (χ0n) is 12.6. The van der Waals surface area contributed by atoms with E-state index in [0.717, 1.165) is 13.0 Å². The molecule has 4 nitrogen and oxygen atoms in total. The second-order valence-electron chi connectivity index (χ2n) is 5.86. The molecule has 1 aliphatic rings. The van der Waals surface area contributed by atoms with E-state index in [2.05, 4.69) is 36.0 Å². The van der Waals surface area contributed by atoms with Gasteiger partial charge in [0, 0.05) is 11.6 Å². The van der Waals surface area contributed by atoms with Crippen molar-refractivity contribution in [3.05, 3.63) is 0 Å². The number of likely N-dealkylation sites (N-methyl/N-ethyl adjacent to an activating group) is 1. The van der Waals surface area contributed by atoms with E-state index in [-0.39, 0.29) is 12.1 Å². The molecule has 1 heterocycles. The van der Waals surface area contributed by atoms with Gasteiger partial charge in [0.15, 0.2) is 0 Å². The Morgan fingerprint density at radius 2 is 2.00 bits per heavy atom. The topological polar surface area (TPSA) is 38.7 Å². The quantitative estimate of drug-likeness (QED) is 0.706. The fourth-order valence-corrected chi connectivity index (χ4v) is 2.57. The van der Waals surface area contributed by atoms with Gasteiger partial charge in [-0.3, -0.25) is 0 Å². The molecule has 0 aromatic carbocycles. The van der Waals surface area contributed by atoms with Gasteiger partial charge in [-0.15, -0.1) is 0 Å². The van der Waals surface area contributed by atoms with Gasteiger partial charge in [0.2, 0.25) is 0 Å². The van der Waals surface area contributed by atoms with Crippen LogP contribution in [0.2, 0.25) is 0 Å². The molecule has 0 aromatic heterocycles. The molecule has 18 heavy (non-hydrogen) atoms. The maximum absolute atomic E-state index is 9.39. The lowest BCUT2D eigenvalue weighted by atomic mass is 9.97. The predicted molar refractivity (Wildman–Crippen MR) is 76.9 cm³/mol. The van der Waals surface area contributed by atoms with Crippen LogP contribution < -0.4 is 5.32 Å². The Hall–Kier alpha value is -0.160. The number of piperidine rings is 1. The normalized spacial score (nSPS) is 22.3. The summed E-state index contributed by atoms with van der Waals surface area (Å²) in [5, 5.41) is 12.6. The van der Waals surface area contributed by atoms with Crippen molar-refractivity contribution in [2.75, 3.05) is 46.9 Å². The van der Waals surface area contributed by atoms with Gasteiger partial charge in [-0.05, 0) is 66.5 Å². The fourth-order valence-electron chi connectivity index (χ4n) is 2.57. The summed E-state index contributed by atoms with van der Waals surface area (Å²) in [6.07, 6.45) is 3.55. The summed E-state index contributed by atoms with van der Waals surface area (Å²) in [5.74, 6) is 0. The molecule has 108 valence electrons. The molecule has 0 spiro atoms. The van der Waals surface area contributed by atoms with Crippen LogP contribution in [0.4, 0.5) is 0 Å². The summed E-state index contributed by atoms with van der Waals surface area (Å²) in [6, 6.07) is 0.715. The lowest BCUT2D eigenvalue weighted by Gasteiger charge is -2.38. The van der Waals surface area contributed by atoms with E-state index < -0.39 is 0 Å². The molecule has 0 bridgehead atoms. The van der Waals surface area contributed by atoms with Crippen LogP contribution in [0.1, 0.15) is 33.1 Å². The third kappa shape index (κ3) is 4.50. The van der Waals surface area contributed by atoms with E-state index in [1.807, 2.05) is 7.05 Å². The van der Waals surface area contributed by atoms with Gasteiger partial charge in [-0.1, -0.05) is 6.92 Å². The van der Waals surface area contributed by atoms with Crippen LogP contribution in [0.25, 0.3) is 0 Å². The maximum atomic E-state index is 9.39. The van der Waals surface area contributed by atoms with E-state index in [1.54, 1.807) is 0 Å². The summed E-state index contributed by atoms with van der Waals surface area (Å²) in [7, 11) is 4.15. The molecular weight excluding hydrogens is 226 g/mol. The van der Waals surface area contributed by atoms with Crippen LogP contribution in [0.5, 0.6) is 0 Å². The second-order valence-corrected chi connectivity index (χ2v) is 5.86. The molecule has 0 saturated carbocycles. The Balaban J connectivity index is 2.31. The highest BCUT2D eigenvalue weighted by molar-refractivity contribution is 4.84. The highest BCUT2D eigenvalue weighted by Crippen LogP contribution is 2.17. The minimum absolute atomic E-state index is 0.140. The fraction of sp³-hybridized carbons (Fsp3) is 1.00. The summed E-state index contributed by atoms with van der Waals surface area (Å²) in [5.41, 5.74) is -0.140. The molecule has 1 atom stereocenters. The molecule has 0 aromatic rings. The van der Waals surface area contributed by atoms with E-state index in [0.29, 0.717) is 6.04 Å². The third-order valence-electron chi connectivity index (χ3n) is 4.60. The minimum Gasteiger partial charge on any atom is -0.394 e. The van der Waals surface area contributed by atoms with Crippen molar-refractivity contribution >= 4 is 0 Å². The second kappa shape index (κ2) is 7.43. The van der Waals surface area contributed by atoms with Gasteiger partial charge in [0.05, 0.1) is 6.61 Å². The first-order chi connectivity index (χ1) is 8.54. The standard InChI is InChI=1S/C14H31N3O/c1-5-17-9-6-13(7-10-17)16(4)11-8-14(2,12-18)15-3/h13,15,18H,5-12H2,1-4H3. The SMILES string of the molecule is CCN1CCC(N(C)CCC(C)(CO)NC)CC1. The molecule has 2 N–H and O–H groups in total. The first kappa shape index (κ1) is 15.9. The van der Waals surface area contributed by atoms with Crippen LogP contribution in [-0.4, -0.2) is 73.4 Å². The Labute approximate surface area is 112 Å². The van der Waals surface area contributed by atoms with Crippen molar-refractivity contribution in [3.8, 4) is 0 Å². The number of likely N-dealkylation sites (tertiary alicyclic amines) is 1. The summed E-state index contributed by atoms with van der Waals surface area (Å²) < 4.78 is 0. The molecule has 4 heteroatoms. The van der Waals surface area contributed by atoms with Crippen molar-refractivity contribution < 1.29 is 5.11 Å². The average molecular weight is 257 g/mol. The zero-order valence-corrected chi connectivity index (χ0v) is 12.6. The van der Waals surface area contributed by atoms with Crippen molar-refractivity contribution in [2.24, 2.45) is 0 Å². The summed E-state index contributed by atoms with van der Waals surface area (Å²) >= 11 is 0. The number of hydrogen-bond donors (Lipinski definition) is 2. The number of rotatable bonds is 7. The minimum atomic E-state index is -0.140. The number of aliphatic hydroxyl groups is 1. The summed E-state index contributed by atoms with van der Waals surface area (Å²) in [6.45, 7) is 9.22. The molecule has 1 rings (SSSR count). The predicted octanol–water partition coefficient (Wildman–Crippen LogP) is 0.763. The Morgan fingerprint density at radius 1 is 1.39 bits per heavy atom.